The van der Waals surface area contributed by atoms with E-state index in [1.165, 1.54) is 16.2 Å². The summed E-state index contributed by atoms with van der Waals surface area (Å²) in [5.41, 5.74) is 8.77. The smallest absolute Gasteiger partial charge is 0.321 e. The molecule has 0 spiro atoms. The van der Waals surface area contributed by atoms with Gasteiger partial charge in [-0.3, -0.25) is 19.7 Å². The molecule has 1 aromatic carbocycles. The Bertz CT molecular complexity index is 1480. The van der Waals surface area contributed by atoms with E-state index in [9.17, 15) is 14.7 Å². The molecule has 3 aromatic heterocycles. The number of hydrogen-bond acceptors (Lipinski definition) is 9. The van der Waals surface area contributed by atoms with E-state index in [-0.39, 0.29) is 0 Å². The maximum absolute atomic E-state index is 12.0. The van der Waals surface area contributed by atoms with Gasteiger partial charge in [0.2, 0.25) is 5.95 Å². The number of hydrogen-bond donors (Lipinski definition) is 2. The molecule has 202 valence electrons. The van der Waals surface area contributed by atoms with E-state index in [1.54, 1.807) is 31.0 Å². The molecular formula is C27H30N8O3S. The molecule has 0 saturated carbocycles. The minimum Gasteiger partial charge on any atom is -0.481 e. The van der Waals surface area contributed by atoms with Crippen molar-refractivity contribution in [2.75, 3.05) is 29.4 Å². The van der Waals surface area contributed by atoms with Gasteiger partial charge < -0.3 is 15.7 Å². The van der Waals surface area contributed by atoms with E-state index < -0.39 is 17.4 Å². The molecule has 3 N–H and O–H groups in total. The molecule has 1 aliphatic rings. The Morgan fingerprint density at radius 1 is 1.08 bits per heavy atom. The number of amides is 2. The third-order valence-corrected chi connectivity index (χ3v) is 8.42. The second kappa shape index (κ2) is 10.9. The molecule has 1 aliphatic heterocycles. The first-order valence-corrected chi connectivity index (χ1v) is 13.8. The third kappa shape index (κ3) is 5.11. The van der Waals surface area contributed by atoms with Crippen molar-refractivity contribution in [2.24, 2.45) is 11.1 Å². The van der Waals surface area contributed by atoms with Gasteiger partial charge in [0.25, 0.3) is 0 Å². The second-order valence-electron chi connectivity index (χ2n) is 9.64. The number of carbonyl (C=O) groups is 2. The number of benzene rings is 1. The highest BCUT2D eigenvalue weighted by Gasteiger charge is 2.41. The van der Waals surface area contributed by atoms with Crippen LogP contribution >= 0.6 is 11.3 Å². The van der Waals surface area contributed by atoms with Gasteiger partial charge >= 0.3 is 12.0 Å². The summed E-state index contributed by atoms with van der Waals surface area (Å²) in [5, 5.41) is 10.3. The second-order valence-corrected chi connectivity index (χ2v) is 10.6. The molecule has 0 radical (unpaired) electrons. The van der Waals surface area contributed by atoms with Crippen LogP contribution in [-0.2, 0) is 4.79 Å². The number of aromatic nitrogens is 5. The van der Waals surface area contributed by atoms with Crippen molar-refractivity contribution in [3.8, 4) is 22.4 Å². The number of fused-ring (bicyclic) bond motifs is 1. The summed E-state index contributed by atoms with van der Waals surface area (Å²) in [6.07, 6.45) is 11.1. The van der Waals surface area contributed by atoms with Gasteiger partial charge in [0, 0.05) is 55.5 Å². The van der Waals surface area contributed by atoms with Crippen LogP contribution in [0.4, 0.5) is 15.9 Å². The summed E-state index contributed by atoms with van der Waals surface area (Å²) < 4.78 is 0.869. The normalized spacial score (nSPS) is 14.9. The van der Waals surface area contributed by atoms with Crippen LogP contribution in [0.5, 0.6) is 0 Å². The summed E-state index contributed by atoms with van der Waals surface area (Å²) >= 11 is 1.38. The molecule has 0 atom stereocenters. The minimum atomic E-state index is -0.711. The van der Waals surface area contributed by atoms with Gasteiger partial charge in [0.15, 0.2) is 5.13 Å². The largest absolute Gasteiger partial charge is 0.481 e. The Morgan fingerprint density at radius 3 is 2.41 bits per heavy atom. The summed E-state index contributed by atoms with van der Waals surface area (Å²) in [6, 6.07) is 3.38. The highest BCUT2D eigenvalue weighted by atomic mass is 32.1. The molecule has 4 heterocycles. The fourth-order valence-electron chi connectivity index (χ4n) is 5.13. The molecule has 39 heavy (non-hydrogen) atoms. The molecule has 4 aromatic rings. The number of nitrogens with two attached hydrogens (primary N) is 1. The van der Waals surface area contributed by atoms with Crippen molar-refractivity contribution in [3.63, 3.8) is 0 Å². The first kappa shape index (κ1) is 26.4. The number of piperidine rings is 1. The average molecular weight is 547 g/mol. The van der Waals surface area contributed by atoms with Gasteiger partial charge in [-0.15, -0.1) is 0 Å². The Morgan fingerprint density at radius 2 is 1.82 bits per heavy atom. The Balaban J connectivity index is 1.47. The number of primary amides is 1. The van der Waals surface area contributed by atoms with E-state index in [0.717, 1.165) is 27.8 Å². The lowest BCUT2D eigenvalue weighted by Gasteiger charge is -2.38. The van der Waals surface area contributed by atoms with Crippen molar-refractivity contribution in [2.45, 2.75) is 39.5 Å². The number of carboxylic acid groups (broad SMARTS) is 1. The van der Waals surface area contributed by atoms with Gasteiger partial charge in [0.05, 0.1) is 27.5 Å². The number of thiazole rings is 1. The van der Waals surface area contributed by atoms with Crippen molar-refractivity contribution < 1.29 is 14.7 Å². The van der Waals surface area contributed by atoms with Crippen LogP contribution in [0.15, 0.2) is 43.1 Å². The SMILES string of the molecule is CCCC1(C(=O)O)CCN(c2ncc(-c3cc(-c4cnccn4)c4sc(N(CC)C(N)=O)nc4c3)cn2)CC1. The number of anilines is 2. The fourth-order valence-corrected chi connectivity index (χ4v) is 6.27. The number of carbonyl (C=O) groups excluding carboxylic acids is 1. The molecule has 0 aliphatic carbocycles. The molecule has 12 heteroatoms. The molecule has 0 bridgehead atoms. The van der Waals surface area contributed by atoms with E-state index in [1.807, 2.05) is 30.9 Å². The first-order valence-electron chi connectivity index (χ1n) is 12.9. The maximum Gasteiger partial charge on any atom is 0.321 e. The van der Waals surface area contributed by atoms with Crippen LogP contribution < -0.4 is 15.5 Å². The predicted octanol–water partition coefficient (Wildman–Crippen LogP) is 4.59. The summed E-state index contributed by atoms with van der Waals surface area (Å²) in [5.74, 6) is -0.127. The molecule has 11 nitrogen and oxygen atoms in total. The zero-order chi connectivity index (χ0) is 27.6. The lowest BCUT2D eigenvalue weighted by Crippen LogP contribution is -2.45. The fraction of sp³-hybridized carbons (Fsp3) is 0.370. The van der Waals surface area contributed by atoms with Crippen LogP contribution in [0.3, 0.4) is 0 Å². The highest BCUT2D eigenvalue weighted by molar-refractivity contribution is 7.23. The van der Waals surface area contributed by atoms with Crippen molar-refractivity contribution in [3.05, 3.63) is 43.1 Å². The Labute approximate surface area is 229 Å². The van der Waals surface area contributed by atoms with Crippen molar-refractivity contribution in [1.29, 1.82) is 0 Å². The van der Waals surface area contributed by atoms with Crippen LogP contribution in [0, 0.1) is 5.41 Å². The predicted molar refractivity (Wildman–Crippen MR) is 151 cm³/mol. The summed E-state index contributed by atoms with van der Waals surface area (Å²) in [4.78, 5) is 50.0. The van der Waals surface area contributed by atoms with Crippen molar-refractivity contribution in [1.82, 2.24) is 24.9 Å². The quantitative estimate of drug-likeness (QED) is 0.323. The van der Waals surface area contributed by atoms with Gasteiger partial charge in [-0.1, -0.05) is 24.7 Å². The maximum atomic E-state index is 12.0. The molecule has 5 rings (SSSR count). The van der Waals surface area contributed by atoms with Crippen LogP contribution in [0.1, 0.15) is 39.5 Å². The first-order chi connectivity index (χ1) is 18.8. The van der Waals surface area contributed by atoms with Crippen LogP contribution in [0.25, 0.3) is 32.6 Å². The molecular weight excluding hydrogens is 516 g/mol. The van der Waals surface area contributed by atoms with Gasteiger partial charge in [-0.2, -0.15) is 0 Å². The highest BCUT2D eigenvalue weighted by Crippen LogP contribution is 2.40. The zero-order valence-electron chi connectivity index (χ0n) is 21.9. The Kier molecular flexibility index (Phi) is 7.38. The average Bonchev–Trinajstić information content (AvgIpc) is 3.37. The van der Waals surface area contributed by atoms with E-state index in [4.69, 9.17) is 10.7 Å². The number of rotatable bonds is 8. The number of carboxylic acids is 1. The van der Waals surface area contributed by atoms with Crippen LogP contribution in [-0.4, -0.2) is 61.7 Å². The summed E-state index contributed by atoms with van der Waals surface area (Å²) in [6.45, 7) is 5.47. The number of aliphatic carboxylic acids is 1. The van der Waals surface area contributed by atoms with E-state index in [0.29, 0.717) is 61.2 Å². The third-order valence-electron chi connectivity index (χ3n) is 7.29. The van der Waals surface area contributed by atoms with E-state index >= 15 is 0 Å². The minimum absolute atomic E-state index is 0.403. The monoisotopic (exact) mass is 546 g/mol. The van der Waals surface area contributed by atoms with Gasteiger partial charge in [0.1, 0.15) is 0 Å². The van der Waals surface area contributed by atoms with Gasteiger partial charge in [-0.05, 0) is 43.9 Å². The van der Waals surface area contributed by atoms with Crippen molar-refractivity contribution >= 4 is 44.6 Å². The molecule has 0 unspecified atom stereocenters. The topological polar surface area (TPSA) is 151 Å². The zero-order valence-corrected chi connectivity index (χ0v) is 22.7. The molecule has 2 amide bonds. The lowest BCUT2D eigenvalue weighted by molar-refractivity contribution is -0.150. The van der Waals surface area contributed by atoms with E-state index in [2.05, 4.69) is 19.9 Å². The number of urea groups is 1. The standard InChI is InChI=1S/C27H30N8O3S/c1-3-5-27(23(36)37)6-10-34(11-7-27)25-31-14-18(15-32-25)17-12-19(21-16-29-8-9-30-21)22-20(13-17)33-26(39-22)35(4-2)24(28)38/h8-9,12-16H,3-7,10-11H2,1-2H3,(H2,28,38)(H,36,37). The Hall–Kier alpha value is -4.19. The molecule has 1 fully saturated rings. The summed E-state index contributed by atoms with van der Waals surface area (Å²) in [7, 11) is 0. The van der Waals surface area contributed by atoms with Gasteiger partial charge in [-0.25, -0.2) is 19.7 Å². The van der Waals surface area contributed by atoms with Crippen LogP contribution in [0.2, 0.25) is 0 Å². The number of nitrogens with zero attached hydrogens (tertiary/aromatic N) is 7. The lowest BCUT2D eigenvalue weighted by atomic mass is 9.75. The molecule has 1 saturated heterocycles.